The quantitative estimate of drug-likeness (QED) is 0.466. The number of guanidine groups is 1. The van der Waals surface area contributed by atoms with E-state index in [1.165, 1.54) is 69.5 Å². The lowest BCUT2D eigenvalue weighted by Gasteiger charge is -2.34. The molecule has 2 heterocycles. The normalized spacial score (nSPS) is 25.1. The first-order valence-corrected chi connectivity index (χ1v) is 13.2. The number of hydrogen-bond donors (Lipinski definition) is 2. The van der Waals surface area contributed by atoms with Gasteiger partial charge in [-0.3, -0.25) is 4.99 Å². The molecule has 4 rings (SSSR count). The fourth-order valence-corrected chi connectivity index (χ4v) is 6.55. The second kappa shape index (κ2) is 11.6. The molecule has 5 nitrogen and oxygen atoms in total. The summed E-state index contributed by atoms with van der Waals surface area (Å²) in [6.07, 6.45) is 8.80. The van der Waals surface area contributed by atoms with Crippen molar-refractivity contribution in [3.63, 3.8) is 0 Å². The summed E-state index contributed by atoms with van der Waals surface area (Å²) in [7, 11) is 0. The number of nitrogens with zero attached hydrogens (tertiary/aromatic N) is 2. The number of benzene rings is 1. The zero-order valence-electron chi connectivity index (χ0n) is 19.2. The second-order valence-corrected chi connectivity index (χ2v) is 11.0. The Morgan fingerprint density at radius 2 is 1.94 bits per heavy atom. The molecule has 2 saturated heterocycles. The van der Waals surface area contributed by atoms with E-state index < -0.39 is 0 Å². The van der Waals surface area contributed by atoms with E-state index in [-0.39, 0.29) is 4.75 Å². The summed E-state index contributed by atoms with van der Waals surface area (Å²) in [5, 5.41) is 7.26. The van der Waals surface area contributed by atoms with E-state index in [0.717, 1.165) is 38.2 Å². The molecule has 0 bridgehead atoms. The summed E-state index contributed by atoms with van der Waals surface area (Å²) in [5.74, 6) is 1.75. The predicted octanol–water partition coefficient (Wildman–Crippen LogP) is 4.15. The molecule has 3 fully saturated rings. The van der Waals surface area contributed by atoms with Gasteiger partial charge in [0.25, 0.3) is 0 Å². The van der Waals surface area contributed by atoms with Gasteiger partial charge in [0.05, 0.1) is 13.2 Å². The summed E-state index contributed by atoms with van der Waals surface area (Å²) in [5.41, 5.74) is 0. The van der Waals surface area contributed by atoms with Crippen LogP contribution in [0.4, 0.5) is 0 Å². The molecule has 31 heavy (non-hydrogen) atoms. The van der Waals surface area contributed by atoms with E-state index in [0.29, 0.717) is 6.04 Å². The zero-order chi connectivity index (χ0) is 21.4. The van der Waals surface area contributed by atoms with Gasteiger partial charge >= 0.3 is 0 Å². The van der Waals surface area contributed by atoms with E-state index in [1.54, 1.807) is 0 Å². The molecule has 0 amide bonds. The van der Waals surface area contributed by atoms with E-state index in [2.05, 4.69) is 52.8 Å². The molecule has 1 saturated carbocycles. The molecule has 0 spiro atoms. The van der Waals surface area contributed by atoms with E-state index in [9.17, 15) is 0 Å². The average Bonchev–Trinajstić information content (AvgIpc) is 3.47. The molecule has 1 aromatic carbocycles. The van der Waals surface area contributed by atoms with Crippen molar-refractivity contribution in [2.24, 2.45) is 10.9 Å². The van der Waals surface area contributed by atoms with Gasteiger partial charge in [-0.15, -0.1) is 11.8 Å². The average molecular weight is 445 g/mol. The second-order valence-electron chi connectivity index (χ2n) is 9.45. The summed E-state index contributed by atoms with van der Waals surface area (Å²) >= 11 is 2.04. The topological polar surface area (TPSA) is 48.9 Å². The van der Waals surface area contributed by atoms with Gasteiger partial charge in [0.2, 0.25) is 0 Å². The van der Waals surface area contributed by atoms with Gasteiger partial charge in [-0.2, -0.15) is 0 Å². The van der Waals surface area contributed by atoms with Gasteiger partial charge < -0.3 is 20.3 Å². The number of piperidine rings is 1. The SMILES string of the molecule is CCNC(=NCC1(Sc2ccccc2)CCCC1)NC1CCN(CC2CCOC2)CC1. The highest BCUT2D eigenvalue weighted by molar-refractivity contribution is 8.00. The van der Waals surface area contributed by atoms with Gasteiger partial charge in [-0.25, -0.2) is 0 Å². The third-order valence-electron chi connectivity index (χ3n) is 6.93. The molecular weight excluding hydrogens is 404 g/mol. The highest BCUT2D eigenvalue weighted by atomic mass is 32.2. The Morgan fingerprint density at radius 3 is 2.61 bits per heavy atom. The monoisotopic (exact) mass is 444 g/mol. The lowest BCUT2D eigenvalue weighted by molar-refractivity contribution is 0.150. The molecule has 1 aromatic rings. The number of thioether (sulfide) groups is 1. The van der Waals surface area contributed by atoms with E-state index >= 15 is 0 Å². The van der Waals surface area contributed by atoms with Crippen LogP contribution in [0.5, 0.6) is 0 Å². The molecule has 2 N–H and O–H groups in total. The minimum Gasteiger partial charge on any atom is -0.381 e. The number of nitrogens with one attached hydrogen (secondary N) is 2. The molecule has 6 heteroatoms. The summed E-state index contributed by atoms with van der Waals surface area (Å²) in [6, 6.07) is 11.4. The minimum absolute atomic E-state index is 0.246. The Hall–Kier alpha value is -1.24. The largest absolute Gasteiger partial charge is 0.381 e. The number of aliphatic imine (C=N–C) groups is 1. The summed E-state index contributed by atoms with van der Waals surface area (Å²) in [4.78, 5) is 9.11. The smallest absolute Gasteiger partial charge is 0.191 e. The Labute approximate surface area is 192 Å². The number of ether oxygens (including phenoxy) is 1. The number of hydrogen-bond acceptors (Lipinski definition) is 4. The third-order valence-corrected chi connectivity index (χ3v) is 8.41. The van der Waals surface area contributed by atoms with E-state index in [4.69, 9.17) is 9.73 Å². The first-order chi connectivity index (χ1) is 15.2. The van der Waals surface area contributed by atoms with Crippen molar-refractivity contribution in [1.82, 2.24) is 15.5 Å². The first-order valence-electron chi connectivity index (χ1n) is 12.3. The van der Waals surface area contributed by atoms with Crippen LogP contribution in [0, 0.1) is 5.92 Å². The maximum atomic E-state index is 5.55. The van der Waals surface area contributed by atoms with E-state index in [1.807, 2.05) is 11.8 Å². The molecule has 3 aliphatic rings. The summed E-state index contributed by atoms with van der Waals surface area (Å²) in [6.45, 7) is 9.44. The van der Waals surface area contributed by atoms with Crippen molar-refractivity contribution in [3.05, 3.63) is 30.3 Å². The minimum atomic E-state index is 0.246. The van der Waals surface area contributed by atoms with Crippen molar-refractivity contribution >= 4 is 17.7 Å². The van der Waals surface area contributed by atoms with Crippen LogP contribution in [-0.4, -0.2) is 67.6 Å². The maximum Gasteiger partial charge on any atom is 0.191 e. The Morgan fingerprint density at radius 1 is 1.16 bits per heavy atom. The van der Waals surface area contributed by atoms with Crippen molar-refractivity contribution in [2.75, 3.05) is 45.9 Å². The van der Waals surface area contributed by atoms with Crippen LogP contribution in [0.25, 0.3) is 0 Å². The Bertz CT molecular complexity index is 678. The standard InChI is InChI=1S/C25H40N4OS/c1-2-26-24(28-22-10-15-29(16-11-22)18-21-12-17-30-19-21)27-20-25(13-6-7-14-25)31-23-8-4-3-5-9-23/h3-5,8-9,21-22H,2,6-7,10-20H2,1H3,(H2,26,27,28). The van der Waals surface area contributed by atoms with Crippen LogP contribution in [0.2, 0.25) is 0 Å². The van der Waals surface area contributed by atoms with Gasteiger partial charge in [-0.1, -0.05) is 31.0 Å². The van der Waals surface area contributed by atoms with Crippen LogP contribution in [0.15, 0.2) is 40.2 Å². The Balaban J connectivity index is 1.30. The van der Waals surface area contributed by atoms with Crippen molar-refractivity contribution in [2.45, 2.75) is 67.6 Å². The van der Waals surface area contributed by atoms with Gasteiger partial charge in [0.15, 0.2) is 5.96 Å². The van der Waals surface area contributed by atoms with Gasteiger partial charge in [0, 0.05) is 48.5 Å². The van der Waals surface area contributed by atoms with Crippen molar-refractivity contribution in [3.8, 4) is 0 Å². The molecule has 0 radical (unpaired) electrons. The molecule has 1 aliphatic carbocycles. The van der Waals surface area contributed by atoms with Crippen LogP contribution in [0.3, 0.4) is 0 Å². The lowest BCUT2D eigenvalue weighted by Crippen LogP contribution is -2.49. The maximum absolute atomic E-state index is 5.55. The molecule has 0 aromatic heterocycles. The first kappa shape index (κ1) is 22.9. The molecule has 1 atom stereocenters. The lowest BCUT2D eigenvalue weighted by atomic mass is 10.0. The third kappa shape index (κ3) is 6.87. The summed E-state index contributed by atoms with van der Waals surface area (Å²) < 4.78 is 5.80. The predicted molar refractivity (Wildman–Crippen MR) is 131 cm³/mol. The number of rotatable bonds is 8. The highest BCUT2D eigenvalue weighted by Gasteiger charge is 2.35. The van der Waals surface area contributed by atoms with Crippen LogP contribution in [0.1, 0.15) is 51.9 Å². The van der Waals surface area contributed by atoms with Crippen molar-refractivity contribution < 1.29 is 4.74 Å². The molecule has 2 aliphatic heterocycles. The molecule has 172 valence electrons. The van der Waals surface area contributed by atoms with Crippen LogP contribution >= 0.6 is 11.8 Å². The molecule has 1 unspecified atom stereocenters. The van der Waals surface area contributed by atoms with Crippen LogP contribution < -0.4 is 10.6 Å². The fourth-order valence-electron chi connectivity index (χ4n) is 5.14. The number of likely N-dealkylation sites (tertiary alicyclic amines) is 1. The van der Waals surface area contributed by atoms with Crippen LogP contribution in [-0.2, 0) is 4.74 Å². The molecular formula is C25H40N4OS. The Kier molecular flexibility index (Phi) is 8.56. The zero-order valence-corrected chi connectivity index (χ0v) is 20.0. The van der Waals surface area contributed by atoms with Gasteiger partial charge in [0.1, 0.15) is 0 Å². The van der Waals surface area contributed by atoms with Gasteiger partial charge in [-0.05, 0) is 57.1 Å². The highest BCUT2D eigenvalue weighted by Crippen LogP contribution is 2.45. The van der Waals surface area contributed by atoms with Crippen molar-refractivity contribution in [1.29, 1.82) is 0 Å². The fraction of sp³-hybridized carbons (Fsp3) is 0.720.